The van der Waals surface area contributed by atoms with Crippen LogP contribution < -0.4 is 5.79 Å². The Morgan fingerprint density at radius 2 is 0.925 bits per heavy atom. The molecule has 40 heavy (non-hydrogen) atoms. The van der Waals surface area contributed by atoms with Crippen molar-refractivity contribution in [3.63, 3.8) is 0 Å². The third-order valence-corrected chi connectivity index (χ3v) is 30.2. The molecule has 5 heteroatoms. The van der Waals surface area contributed by atoms with Gasteiger partial charge in [0, 0.05) is 0 Å². The van der Waals surface area contributed by atoms with E-state index in [0.29, 0.717) is 6.04 Å². The molecule has 3 aromatic rings. The fourth-order valence-corrected chi connectivity index (χ4v) is 18.9. The molecule has 2 atom stereocenters. The number of nitrogens with zero attached hydrogens (tertiary/aromatic N) is 1. The molecule has 0 spiro atoms. The summed E-state index contributed by atoms with van der Waals surface area (Å²) in [6.45, 7) is 14.6. The summed E-state index contributed by atoms with van der Waals surface area (Å²) in [7, 11) is 0. The molecule has 0 unspecified atom stereocenters. The minimum absolute atomic E-state index is 0.635. The zero-order valence-electron chi connectivity index (χ0n) is 28.4. The topological polar surface area (TPSA) is 4.93 Å². The van der Waals surface area contributed by atoms with Crippen LogP contribution in [0.3, 0.4) is 0 Å². The fraction of sp³-hybridized carbons (Fsp3) is 0.771. The Balaban J connectivity index is 1.97. The van der Waals surface area contributed by atoms with E-state index in [0.717, 1.165) is 23.7 Å². The molecule has 228 valence electrons. The van der Waals surface area contributed by atoms with Crippen LogP contribution in [0.1, 0.15) is 112 Å². The van der Waals surface area contributed by atoms with Gasteiger partial charge in [-0.05, 0) is 0 Å². The molecule has 0 aliphatic heterocycles. The van der Waals surface area contributed by atoms with Gasteiger partial charge < -0.3 is 0 Å². The van der Waals surface area contributed by atoms with E-state index in [9.17, 15) is 0 Å². The number of thiophene rings is 2. The normalized spacial score (nSPS) is 15.0. The van der Waals surface area contributed by atoms with Crippen molar-refractivity contribution >= 4 is 85.6 Å². The summed E-state index contributed by atoms with van der Waals surface area (Å²) in [6.07, 6.45) is 13.8. The van der Waals surface area contributed by atoms with E-state index in [2.05, 4.69) is 111 Å². The Morgan fingerprint density at radius 1 is 0.550 bits per heavy atom. The van der Waals surface area contributed by atoms with Crippen LogP contribution in [-0.4, -0.2) is 41.3 Å². The van der Waals surface area contributed by atoms with Gasteiger partial charge in [-0.2, -0.15) is 0 Å². The molecular weight excluding hydrogens is 736 g/mol. The molecule has 0 bridgehead atoms. The number of fused-ring (bicyclic) bond motifs is 3. The SMILES string of the molecule is CC(C)CCC[C@H](C)CCC(CC[C@@H](C)CCCC(C)C)n1c2c[c]([Sn]([CH3])([CH3])[CH3])sc2c2s[c]([Sn]([CH3])([CH3])[CH3])cc21. The van der Waals surface area contributed by atoms with Crippen LogP contribution >= 0.6 is 22.7 Å². The predicted octanol–water partition coefficient (Wildman–Crippen LogP) is 12.0. The van der Waals surface area contributed by atoms with E-state index in [1.807, 2.05) is 0 Å². The van der Waals surface area contributed by atoms with Crippen LogP contribution in [0.4, 0.5) is 0 Å². The number of hydrogen-bond donors (Lipinski definition) is 0. The zero-order valence-corrected chi connectivity index (χ0v) is 35.7. The van der Waals surface area contributed by atoms with Gasteiger partial charge in [-0.3, -0.25) is 0 Å². The van der Waals surface area contributed by atoms with Crippen LogP contribution in [0.2, 0.25) is 29.6 Å². The summed E-state index contributed by atoms with van der Waals surface area (Å²) >= 11 is 0.0549. The Kier molecular flexibility index (Phi) is 13.4. The summed E-state index contributed by atoms with van der Waals surface area (Å²) in [5.41, 5.74) is 3.18. The number of rotatable bonds is 17. The second-order valence-corrected chi connectivity index (χ2v) is 49.1. The zero-order chi connectivity index (χ0) is 29.8. The molecule has 0 aliphatic carbocycles. The van der Waals surface area contributed by atoms with Gasteiger partial charge in [0.25, 0.3) is 0 Å². The van der Waals surface area contributed by atoms with Crippen molar-refractivity contribution in [2.45, 2.75) is 141 Å². The van der Waals surface area contributed by atoms with Gasteiger partial charge in [0.2, 0.25) is 0 Å². The summed E-state index contributed by atoms with van der Waals surface area (Å²) in [5, 5.41) is 0. The van der Waals surface area contributed by atoms with Crippen LogP contribution in [0.25, 0.3) is 20.4 Å². The van der Waals surface area contributed by atoms with Gasteiger partial charge in [-0.25, -0.2) is 0 Å². The Hall–Kier alpha value is 0.797. The third-order valence-electron chi connectivity index (χ3n) is 8.94. The van der Waals surface area contributed by atoms with Crippen molar-refractivity contribution in [2.75, 3.05) is 0 Å². The molecule has 0 aliphatic rings. The maximum absolute atomic E-state index is 2.90. The molecular formula is C35H63NS2Sn2. The second-order valence-electron chi connectivity index (χ2n) is 16.2. The number of aromatic nitrogens is 1. The van der Waals surface area contributed by atoms with Gasteiger partial charge in [-0.1, -0.05) is 27.7 Å². The molecule has 0 amide bonds. The van der Waals surface area contributed by atoms with Crippen molar-refractivity contribution in [3.05, 3.63) is 12.1 Å². The minimum atomic E-state index is -2.15. The van der Waals surface area contributed by atoms with Gasteiger partial charge in [0.05, 0.1) is 0 Å². The van der Waals surface area contributed by atoms with Crippen molar-refractivity contribution in [3.8, 4) is 0 Å². The van der Waals surface area contributed by atoms with Crippen LogP contribution in [0.15, 0.2) is 12.1 Å². The van der Waals surface area contributed by atoms with E-state index >= 15 is 0 Å². The second kappa shape index (κ2) is 15.2. The quantitative estimate of drug-likeness (QED) is 0.120. The monoisotopic (exact) mass is 801 g/mol. The van der Waals surface area contributed by atoms with Crippen molar-refractivity contribution in [1.82, 2.24) is 4.57 Å². The summed E-state index contributed by atoms with van der Waals surface area (Å²) < 4.78 is 9.67. The fourth-order valence-electron chi connectivity index (χ4n) is 6.10. The van der Waals surface area contributed by atoms with Gasteiger partial charge in [0.15, 0.2) is 0 Å². The molecule has 0 N–H and O–H groups in total. The van der Waals surface area contributed by atoms with E-state index < -0.39 is 36.8 Å². The van der Waals surface area contributed by atoms with Crippen molar-refractivity contribution < 1.29 is 0 Å². The first kappa shape index (κ1) is 35.3. The molecule has 0 saturated heterocycles. The first-order chi connectivity index (χ1) is 18.6. The molecule has 0 radical (unpaired) electrons. The number of hydrogen-bond acceptors (Lipinski definition) is 2. The van der Waals surface area contributed by atoms with Gasteiger partial charge in [0.1, 0.15) is 0 Å². The molecule has 0 aromatic carbocycles. The average Bonchev–Trinajstić information content (AvgIpc) is 3.50. The maximum atomic E-state index is 2.90. The van der Waals surface area contributed by atoms with Crippen LogP contribution in [-0.2, 0) is 0 Å². The Bertz CT molecular complexity index is 1090. The standard InChI is InChI=1S/C29H45NS2.6CH3.2Sn/c1-21(2)9-7-11-23(5)13-15-25(16-14-24(6)12-8-10-22(3)4)30-26-17-19-31-28(26)29-27(30)18-20-32-29;;;;;;;;/h17-18,21-25H,7-16H2,1-6H3;6*1H3;;/t23-,24-;;;;;;;;/m0......../s1. The molecule has 3 rings (SSSR count). The summed E-state index contributed by atoms with van der Waals surface area (Å²) in [4.78, 5) is 15.6. The predicted molar refractivity (Wildman–Crippen MR) is 194 cm³/mol. The Labute approximate surface area is 265 Å². The summed E-state index contributed by atoms with van der Waals surface area (Å²) in [5.74, 6) is 3.33. The van der Waals surface area contributed by atoms with E-state index in [1.165, 1.54) is 64.2 Å². The first-order valence-corrected chi connectivity index (χ1v) is 38.3. The molecule has 1 nitrogen and oxygen atoms in total. The van der Waals surface area contributed by atoms with E-state index in [-0.39, 0.29) is 0 Å². The van der Waals surface area contributed by atoms with Crippen LogP contribution in [0, 0.1) is 23.7 Å². The van der Waals surface area contributed by atoms with Gasteiger partial charge >= 0.3 is 240 Å². The average molecular weight is 799 g/mol. The molecule has 0 fully saturated rings. The third kappa shape index (κ3) is 9.91. The van der Waals surface area contributed by atoms with Crippen molar-refractivity contribution in [1.29, 1.82) is 0 Å². The van der Waals surface area contributed by atoms with Crippen LogP contribution in [0.5, 0.6) is 0 Å². The molecule has 3 heterocycles. The van der Waals surface area contributed by atoms with E-state index in [1.54, 1.807) is 26.2 Å². The first-order valence-electron chi connectivity index (χ1n) is 16.7. The summed E-state index contributed by atoms with van der Waals surface area (Å²) in [6, 6.07) is 5.98. The van der Waals surface area contributed by atoms with Gasteiger partial charge in [-0.15, -0.1) is 0 Å². The molecule has 0 saturated carbocycles. The Morgan fingerprint density at radius 3 is 1.25 bits per heavy atom. The van der Waals surface area contributed by atoms with Crippen molar-refractivity contribution in [2.24, 2.45) is 23.7 Å². The molecule has 3 aromatic heterocycles. The van der Waals surface area contributed by atoms with E-state index in [4.69, 9.17) is 0 Å².